The van der Waals surface area contributed by atoms with Crippen LogP contribution in [0.3, 0.4) is 0 Å². The van der Waals surface area contributed by atoms with Crippen LogP contribution in [0.5, 0.6) is 0 Å². The van der Waals surface area contributed by atoms with Gasteiger partial charge in [-0.05, 0) is 34.0 Å². The first-order valence-electron chi connectivity index (χ1n) is 4.04. The Morgan fingerprint density at radius 3 is 3.21 bits per heavy atom. The Labute approximate surface area is 105 Å². The van der Waals surface area contributed by atoms with Crippen LogP contribution in [0.25, 0.3) is 5.03 Å². The molecule has 0 N–H and O–H groups in total. The standard InChI is InChI=1S/C9H7ClINOS/c10-8-6-1-4-14-7(6)5-12(2-3-13)9(8)11/h1,3-4H,2,5H2. The van der Waals surface area contributed by atoms with Crippen molar-refractivity contribution in [2.24, 2.45) is 0 Å². The quantitative estimate of drug-likeness (QED) is 0.469. The second kappa shape index (κ2) is 4.20. The average Bonchev–Trinajstić information content (AvgIpc) is 2.62. The Hall–Kier alpha value is -0.0700. The van der Waals surface area contributed by atoms with E-state index in [-0.39, 0.29) is 0 Å². The first-order valence-corrected chi connectivity index (χ1v) is 6.38. The van der Waals surface area contributed by atoms with Gasteiger partial charge in [-0.15, -0.1) is 11.3 Å². The summed E-state index contributed by atoms with van der Waals surface area (Å²) < 4.78 is 0.960. The van der Waals surface area contributed by atoms with Crippen molar-refractivity contribution in [1.29, 1.82) is 0 Å². The van der Waals surface area contributed by atoms with Gasteiger partial charge in [0.15, 0.2) is 0 Å². The number of thiophene rings is 1. The molecule has 0 aromatic carbocycles. The summed E-state index contributed by atoms with van der Waals surface area (Å²) in [6, 6.07) is 2.03. The maximum atomic E-state index is 10.5. The third kappa shape index (κ3) is 1.70. The van der Waals surface area contributed by atoms with Crippen molar-refractivity contribution in [3.05, 3.63) is 25.6 Å². The molecule has 74 valence electrons. The number of nitrogens with zero attached hydrogens (tertiary/aromatic N) is 1. The van der Waals surface area contributed by atoms with Crippen LogP contribution in [0.4, 0.5) is 0 Å². The van der Waals surface area contributed by atoms with Crippen molar-refractivity contribution < 1.29 is 4.79 Å². The zero-order valence-electron chi connectivity index (χ0n) is 7.17. The van der Waals surface area contributed by atoms with E-state index in [1.807, 2.05) is 16.3 Å². The number of fused-ring (bicyclic) bond motifs is 1. The van der Waals surface area contributed by atoms with Crippen LogP contribution in [0.1, 0.15) is 10.4 Å². The highest BCUT2D eigenvalue weighted by Gasteiger charge is 2.22. The maximum Gasteiger partial charge on any atom is 0.139 e. The Bertz CT molecular complexity index is 401. The zero-order valence-corrected chi connectivity index (χ0v) is 10.9. The number of carbonyl (C=O) groups is 1. The van der Waals surface area contributed by atoms with Gasteiger partial charge in [0.25, 0.3) is 0 Å². The molecule has 1 aromatic heterocycles. The summed E-state index contributed by atoms with van der Waals surface area (Å²) in [6.07, 6.45) is 0.904. The van der Waals surface area contributed by atoms with E-state index in [1.165, 1.54) is 4.88 Å². The molecule has 1 aliphatic rings. The molecule has 0 radical (unpaired) electrons. The third-order valence-electron chi connectivity index (χ3n) is 2.07. The number of hydrogen-bond acceptors (Lipinski definition) is 3. The molecule has 5 heteroatoms. The minimum absolute atomic E-state index is 0.409. The van der Waals surface area contributed by atoms with Crippen LogP contribution >= 0.6 is 45.5 Å². The van der Waals surface area contributed by atoms with Gasteiger partial charge in [-0.2, -0.15) is 0 Å². The summed E-state index contributed by atoms with van der Waals surface area (Å²) in [5, 5.41) is 2.79. The molecule has 2 rings (SSSR count). The van der Waals surface area contributed by atoms with Gasteiger partial charge in [-0.25, -0.2) is 0 Å². The molecule has 0 amide bonds. The van der Waals surface area contributed by atoms with Gasteiger partial charge in [0.2, 0.25) is 0 Å². The first kappa shape index (κ1) is 10.4. The number of aldehydes is 1. The number of rotatable bonds is 2. The van der Waals surface area contributed by atoms with Crippen LogP contribution in [0.2, 0.25) is 0 Å². The topological polar surface area (TPSA) is 20.3 Å². The monoisotopic (exact) mass is 339 g/mol. The Morgan fingerprint density at radius 2 is 2.50 bits per heavy atom. The molecule has 0 atom stereocenters. The van der Waals surface area contributed by atoms with Gasteiger partial charge < -0.3 is 9.69 Å². The maximum absolute atomic E-state index is 10.5. The molecule has 0 aliphatic carbocycles. The molecule has 0 fully saturated rings. The van der Waals surface area contributed by atoms with Crippen molar-refractivity contribution in [3.63, 3.8) is 0 Å². The Kier molecular flexibility index (Phi) is 3.14. The largest absolute Gasteiger partial charge is 0.353 e. The summed E-state index contributed by atoms with van der Waals surface area (Å²) in [4.78, 5) is 13.7. The smallest absolute Gasteiger partial charge is 0.139 e. The van der Waals surface area contributed by atoms with E-state index in [4.69, 9.17) is 11.6 Å². The molecule has 0 saturated heterocycles. The SMILES string of the molecule is O=CCN1Cc2sccc2C(Cl)=C1I. The van der Waals surface area contributed by atoms with Crippen LogP contribution in [0.15, 0.2) is 15.2 Å². The van der Waals surface area contributed by atoms with Gasteiger partial charge >= 0.3 is 0 Å². The average molecular weight is 340 g/mol. The molecule has 2 nitrogen and oxygen atoms in total. The van der Waals surface area contributed by atoms with Crippen molar-refractivity contribution >= 4 is 56.8 Å². The lowest BCUT2D eigenvalue weighted by Crippen LogP contribution is -2.25. The van der Waals surface area contributed by atoms with Gasteiger partial charge in [0.1, 0.15) is 6.29 Å². The fourth-order valence-corrected chi connectivity index (χ4v) is 3.29. The lowest BCUT2D eigenvalue weighted by molar-refractivity contribution is -0.108. The lowest BCUT2D eigenvalue weighted by Gasteiger charge is -2.26. The highest BCUT2D eigenvalue weighted by Crippen LogP contribution is 2.39. The van der Waals surface area contributed by atoms with Crippen molar-refractivity contribution in [1.82, 2.24) is 4.90 Å². The van der Waals surface area contributed by atoms with Crippen LogP contribution in [-0.2, 0) is 11.3 Å². The van der Waals surface area contributed by atoms with E-state index in [0.717, 1.165) is 27.1 Å². The van der Waals surface area contributed by atoms with Crippen LogP contribution in [-0.4, -0.2) is 17.7 Å². The molecule has 0 unspecified atom stereocenters. The highest BCUT2D eigenvalue weighted by atomic mass is 127. The molecule has 14 heavy (non-hydrogen) atoms. The van der Waals surface area contributed by atoms with Crippen molar-refractivity contribution in [3.8, 4) is 0 Å². The molecule has 0 bridgehead atoms. The molecule has 1 aliphatic heterocycles. The summed E-state index contributed by atoms with van der Waals surface area (Å²) in [5.74, 6) is 0. The number of carbonyl (C=O) groups excluding carboxylic acids is 1. The molecule has 0 saturated carbocycles. The predicted octanol–water partition coefficient (Wildman–Crippen LogP) is 3.06. The minimum atomic E-state index is 0.409. The number of halogens is 2. The van der Waals surface area contributed by atoms with E-state index in [2.05, 4.69) is 22.6 Å². The molecular weight excluding hydrogens is 333 g/mol. The first-order chi connectivity index (χ1) is 6.74. The van der Waals surface area contributed by atoms with Crippen LogP contribution in [0, 0.1) is 0 Å². The molecule has 0 spiro atoms. The second-order valence-corrected chi connectivity index (χ2v) is 5.31. The Balaban J connectivity index is 2.40. The van der Waals surface area contributed by atoms with E-state index in [0.29, 0.717) is 6.54 Å². The molecule has 1 aromatic rings. The zero-order chi connectivity index (χ0) is 10.1. The van der Waals surface area contributed by atoms with Crippen molar-refractivity contribution in [2.45, 2.75) is 6.54 Å². The van der Waals surface area contributed by atoms with E-state index in [1.54, 1.807) is 11.3 Å². The number of hydrogen-bond donors (Lipinski definition) is 0. The molecule has 2 heterocycles. The summed E-state index contributed by atoms with van der Waals surface area (Å²) >= 11 is 10.1. The van der Waals surface area contributed by atoms with E-state index >= 15 is 0 Å². The predicted molar refractivity (Wildman–Crippen MR) is 67.6 cm³/mol. The minimum Gasteiger partial charge on any atom is -0.353 e. The van der Waals surface area contributed by atoms with Gasteiger partial charge in [0, 0.05) is 10.4 Å². The fraction of sp³-hybridized carbons (Fsp3) is 0.222. The highest BCUT2D eigenvalue weighted by molar-refractivity contribution is 14.1. The second-order valence-electron chi connectivity index (χ2n) is 2.91. The lowest BCUT2D eigenvalue weighted by atomic mass is 10.2. The molecular formula is C9H7ClINOS. The summed E-state index contributed by atoms with van der Waals surface area (Å²) in [7, 11) is 0. The van der Waals surface area contributed by atoms with Gasteiger partial charge in [-0.1, -0.05) is 11.6 Å². The summed E-state index contributed by atoms with van der Waals surface area (Å²) in [5.41, 5.74) is 1.11. The van der Waals surface area contributed by atoms with Gasteiger partial charge in [-0.3, -0.25) is 0 Å². The van der Waals surface area contributed by atoms with E-state index in [9.17, 15) is 4.79 Å². The van der Waals surface area contributed by atoms with Crippen molar-refractivity contribution in [2.75, 3.05) is 6.54 Å². The van der Waals surface area contributed by atoms with Crippen LogP contribution < -0.4 is 0 Å². The normalized spacial score (nSPS) is 15.7. The van der Waals surface area contributed by atoms with E-state index < -0.39 is 0 Å². The Morgan fingerprint density at radius 1 is 1.71 bits per heavy atom. The van der Waals surface area contributed by atoms with Gasteiger partial charge in [0.05, 0.1) is 21.8 Å². The third-order valence-corrected chi connectivity index (χ3v) is 4.90. The summed E-state index contributed by atoms with van der Waals surface area (Å²) in [6.45, 7) is 1.20. The fourth-order valence-electron chi connectivity index (χ4n) is 1.39.